The van der Waals surface area contributed by atoms with E-state index in [-0.39, 0.29) is 5.91 Å². The summed E-state index contributed by atoms with van der Waals surface area (Å²) in [5, 5.41) is 7.27. The average Bonchev–Trinajstić information content (AvgIpc) is 2.67. The summed E-state index contributed by atoms with van der Waals surface area (Å²) in [4.78, 5) is 11.9. The van der Waals surface area contributed by atoms with E-state index in [1.165, 1.54) is 0 Å². The van der Waals surface area contributed by atoms with Crippen molar-refractivity contribution in [1.29, 1.82) is 0 Å². The Morgan fingerprint density at radius 1 is 1.07 bits per heavy atom. The van der Waals surface area contributed by atoms with E-state index in [2.05, 4.69) is 10.5 Å². The first-order chi connectivity index (χ1) is 13.1. The van der Waals surface area contributed by atoms with Crippen molar-refractivity contribution in [3.63, 3.8) is 0 Å². The summed E-state index contributed by atoms with van der Waals surface area (Å²) in [6.45, 7) is 0.377. The lowest BCUT2D eigenvalue weighted by atomic mass is 10.1. The van der Waals surface area contributed by atoms with Crippen LogP contribution in [0.5, 0.6) is 5.75 Å². The summed E-state index contributed by atoms with van der Waals surface area (Å²) in [6, 6.07) is 19.0. The first kappa shape index (κ1) is 19.2. The van der Waals surface area contributed by atoms with Gasteiger partial charge in [0, 0.05) is 17.0 Å². The van der Waals surface area contributed by atoms with Crippen LogP contribution in [-0.4, -0.2) is 18.7 Å². The van der Waals surface area contributed by atoms with Crippen molar-refractivity contribution in [2.24, 2.45) is 5.10 Å². The van der Waals surface area contributed by atoms with Gasteiger partial charge < -0.3 is 4.74 Å². The molecule has 1 amide bonds. The van der Waals surface area contributed by atoms with Crippen molar-refractivity contribution in [1.82, 2.24) is 5.43 Å². The van der Waals surface area contributed by atoms with Crippen molar-refractivity contribution in [3.8, 4) is 5.75 Å². The van der Waals surface area contributed by atoms with Crippen LogP contribution in [-0.2, 0) is 4.79 Å². The van der Waals surface area contributed by atoms with Gasteiger partial charge in [-0.2, -0.15) is 5.10 Å². The molecule has 3 rings (SSSR count). The molecule has 0 aliphatic heterocycles. The molecule has 0 aliphatic carbocycles. The van der Waals surface area contributed by atoms with E-state index in [1.54, 1.807) is 24.4 Å². The number of hydrazone groups is 1. The maximum absolute atomic E-state index is 11.9. The summed E-state index contributed by atoms with van der Waals surface area (Å²) >= 11 is 11.9. The van der Waals surface area contributed by atoms with Crippen LogP contribution in [0, 0.1) is 0 Å². The summed E-state index contributed by atoms with van der Waals surface area (Å²) < 4.78 is 5.56. The smallest absolute Gasteiger partial charge is 0.240 e. The predicted octanol–water partition coefficient (Wildman–Crippen LogP) is 5.46. The second-order valence-corrected chi connectivity index (χ2v) is 6.73. The molecule has 0 aromatic heterocycles. The minimum atomic E-state index is -0.169. The Labute approximate surface area is 167 Å². The van der Waals surface area contributed by atoms with Gasteiger partial charge in [0.05, 0.1) is 17.8 Å². The summed E-state index contributed by atoms with van der Waals surface area (Å²) in [5.41, 5.74) is 3.50. The van der Waals surface area contributed by atoms with E-state index in [1.807, 2.05) is 42.5 Å². The predicted molar refractivity (Wildman–Crippen MR) is 111 cm³/mol. The van der Waals surface area contributed by atoms with E-state index < -0.39 is 0 Å². The normalized spacial score (nSPS) is 11.0. The van der Waals surface area contributed by atoms with Crippen LogP contribution in [0.3, 0.4) is 0 Å². The number of nitrogens with zero attached hydrogens (tertiary/aromatic N) is 1. The highest BCUT2D eigenvalue weighted by atomic mass is 35.5. The van der Waals surface area contributed by atoms with Gasteiger partial charge in [0.2, 0.25) is 5.91 Å². The van der Waals surface area contributed by atoms with E-state index >= 15 is 0 Å². The van der Waals surface area contributed by atoms with Crippen LogP contribution in [0.1, 0.15) is 18.4 Å². The molecule has 4 nitrogen and oxygen atoms in total. The van der Waals surface area contributed by atoms with Gasteiger partial charge in [-0.1, -0.05) is 65.7 Å². The van der Waals surface area contributed by atoms with Gasteiger partial charge >= 0.3 is 0 Å². The molecule has 0 spiro atoms. The Hall–Kier alpha value is -2.56. The molecular formula is C21H18Cl2N2O2. The zero-order chi connectivity index (χ0) is 19.1. The Morgan fingerprint density at radius 2 is 1.89 bits per heavy atom. The number of hydrogen-bond donors (Lipinski definition) is 1. The van der Waals surface area contributed by atoms with Crippen LogP contribution < -0.4 is 10.2 Å². The fourth-order valence-electron chi connectivity index (χ4n) is 2.60. The lowest BCUT2D eigenvalue weighted by molar-refractivity contribution is -0.121. The van der Waals surface area contributed by atoms with Crippen LogP contribution in [0.15, 0.2) is 65.8 Å². The molecule has 0 aliphatic rings. The number of ether oxygens (including phenoxy) is 1. The lowest BCUT2D eigenvalue weighted by Gasteiger charge is -2.07. The molecule has 0 heterocycles. The molecule has 0 saturated heterocycles. The van der Waals surface area contributed by atoms with Gasteiger partial charge in [-0.25, -0.2) is 5.43 Å². The molecule has 0 atom stereocenters. The number of nitrogens with one attached hydrogen (secondary N) is 1. The first-order valence-electron chi connectivity index (χ1n) is 8.51. The number of carbonyl (C=O) groups excluding carboxylic acids is 1. The van der Waals surface area contributed by atoms with Crippen molar-refractivity contribution in [3.05, 3.63) is 76.3 Å². The third-order valence-electron chi connectivity index (χ3n) is 3.92. The van der Waals surface area contributed by atoms with E-state index in [0.29, 0.717) is 35.2 Å². The zero-order valence-electron chi connectivity index (χ0n) is 14.5. The van der Waals surface area contributed by atoms with Crippen LogP contribution in [0.2, 0.25) is 10.0 Å². The molecule has 0 radical (unpaired) electrons. The molecule has 3 aromatic carbocycles. The highest BCUT2D eigenvalue weighted by Crippen LogP contribution is 2.27. The zero-order valence-corrected chi connectivity index (χ0v) is 16.0. The summed E-state index contributed by atoms with van der Waals surface area (Å²) in [5.74, 6) is 0.382. The number of carbonyl (C=O) groups is 1. The number of fused-ring (bicyclic) bond motifs is 1. The van der Waals surface area contributed by atoms with E-state index in [0.717, 1.165) is 16.3 Å². The molecule has 0 saturated carbocycles. The van der Waals surface area contributed by atoms with Gasteiger partial charge in [0.25, 0.3) is 0 Å². The Morgan fingerprint density at radius 3 is 2.74 bits per heavy atom. The third-order valence-corrected chi connectivity index (χ3v) is 4.45. The van der Waals surface area contributed by atoms with Crippen LogP contribution in [0.25, 0.3) is 10.8 Å². The Bertz CT molecular complexity index is 968. The molecule has 0 fully saturated rings. The molecule has 0 bridgehead atoms. The van der Waals surface area contributed by atoms with E-state index in [9.17, 15) is 4.79 Å². The Balaban J connectivity index is 1.45. The lowest BCUT2D eigenvalue weighted by Crippen LogP contribution is -2.18. The van der Waals surface area contributed by atoms with Crippen molar-refractivity contribution < 1.29 is 9.53 Å². The number of amides is 1. The quantitative estimate of drug-likeness (QED) is 0.325. The Kier molecular flexibility index (Phi) is 6.69. The molecular weight excluding hydrogens is 383 g/mol. The largest absolute Gasteiger partial charge is 0.492 e. The SMILES string of the molecule is O=C(CCCOc1ccc(Cl)cc1Cl)NN=Cc1cccc2ccccc12. The molecule has 3 aromatic rings. The summed E-state index contributed by atoms with van der Waals surface area (Å²) in [6.07, 6.45) is 2.51. The number of rotatable bonds is 7. The maximum atomic E-state index is 11.9. The molecule has 27 heavy (non-hydrogen) atoms. The molecule has 138 valence electrons. The van der Waals surface area contributed by atoms with Gasteiger partial charge in [0.15, 0.2) is 0 Å². The monoisotopic (exact) mass is 400 g/mol. The average molecular weight is 401 g/mol. The molecule has 0 unspecified atom stereocenters. The van der Waals surface area contributed by atoms with Crippen LogP contribution in [0.4, 0.5) is 0 Å². The van der Waals surface area contributed by atoms with Crippen LogP contribution >= 0.6 is 23.2 Å². The van der Waals surface area contributed by atoms with Crippen molar-refractivity contribution in [2.75, 3.05) is 6.61 Å². The van der Waals surface area contributed by atoms with Gasteiger partial charge in [0.1, 0.15) is 5.75 Å². The highest BCUT2D eigenvalue weighted by Gasteiger charge is 2.04. The number of halogens is 2. The molecule has 1 N–H and O–H groups in total. The topological polar surface area (TPSA) is 50.7 Å². The van der Waals surface area contributed by atoms with Crippen molar-refractivity contribution >= 4 is 46.1 Å². The summed E-state index contributed by atoms with van der Waals surface area (Å²) in [7, 11) is 0. The minimum Gasteiger partial charge on any atom is -0.492 e. The minimum absolute atomic E-state index is 0.169. The number of benzene rings is 3. The van der Waals surface area contributed by atoms with Gasteiger partial charge in [-0.3, -0.25) is 4.79 Å². The van der Waals surface area contributed by atoms with Crippen molar-refractivity contribution in [2.45, 2.75) is 12.8 Å². The first-order valence-corrected chi connectivity index (χ1v) is 9.26. The maximum Gasteiger partial charge on any atom is 0.240 e. The highest BCUT2D eigenvalue weighted by molar-refractivity contribution is 6.35. The fourth-order valence-corrected chi connectivity index (χ4v) is 3.06. The second-order valence-electron chi connectivity index (χ2n) is 5.89. The van der Waals surface area contributed by atoms with E-state index in [4.69, 9.17) is 27.9 Å². The van der Waals surface area contributed by atoms with Gasteiger partial charge in [-0.05, 0) is 35.4 Å². The number of hydrogen-bond acceptors (Lipinski definition) is 3. The third kappa shape index (κ3) is 5.46. The fraction of sp³-hybridized carbons (Fsp3) is 0.143. The molecule has 6 heteroatoms. The van der Waals surface area contributed by atoms with Gasteiger partial charge in [-0.15, -0.1) is 0 Å². The second kappa shape index (κ2) is 9.40. The standard InChI is InChI=1S/C21H18Cl2N2O2/c22-17-10-11-20(19(23)13-17)27-12-4-9-21(26)25-24-14-16-7-3-6-15-5-1-2-8-18(15)16/h1-3,5-8,10-11,13-14H,4,9,12H2,(H,25,26).